The van der Waals surface area contributed by atoms with Crippen molar-refractivity contribution < 1.29 is 8.42 Å². The van der Waals surface area contributed by atoms with Crippen LogP contribution in [0.3, 0.4) is 0 Å². The maximum absolute atomic E-state index is 12.2. The van der Waals surface area contributed by atoms with Crippen LogP contribution in [0.5, 0.6) is 0 Å². The van der Waals surface area contributed by atoms with Crippen molar-refractivity contribution in [3.63, 3.8) is 0 Å². The Bertz CT molecular complexity index is 685. The number of para-hydroxylation sites is 1. The smallest absolute Gasteiger partial charge is 0.273 e. The average molecular weight is 415 g/mol. The minimum atomic E-state index is -3.63. The Morgan fingerprint density at radius 1 is 1.39 bits per heavy atom. The van der Waals surface area contributed by atoms with Crippen LogP contribution >= 0.6 is 45.5 Å². The van der Waals surface area contributed by atoms with Crippen LogP contribution in [0.4, 0.5) is 5.69 Å². The monoisotopic (exact) mass is 414 g/mol. The number of sulfonamides is 1. The molecule has 18 heavy (non-hydrogen) atoms. The van der Waals surface area contributed by atoms with E-state index >= 15 is 0 Å². The summed E-state index contributed by atoms with van der Waals surface area (Å²) in [7, 11) is -3.63. The van der Waals surface area contributed by atoms with E-state index < -0.39 is 10.0 Å². The van der Waals surface area contributed by atoms with Crippen LogP contribution in [-0.2, 0) is 10.0 Å². The Hall–Kier alpha value is -0.380. The molecule has 1 N–H and O–H groups in total. The van der Waals surface area contributed by atoms with Crippen molar-refractivity contribution in [3.8, 4) is 0 Å². The molecule has 0 radical (unpaired) electrons. The number of aryl methyl sites for hydroxylation is 1. The summed E-state index contributed by atoms with van der Waals surface area (Å²) in [6, 6.07) is 7.14. The van der Waals surface area contributed by atoms with Crippen molar-refractivity contribution in [2.24, 2.45) is 0 Å². The van der Waals surface area contributed by atoms with E-state index in [2.05, 4.69) is 32.3 Å². The van der Waals surface area contributed by atoms with Crippen LogP contribution < -0.4 is 4.72 Å². The second kappa shape index (κ2) is 5.32. The second-order valence-corrected chi connectivity index (χ2v) is 8.05. The minimum Gasteiger partial charge on any atom is -0.278 e. The molecule has 0 spiro atoms. The van der Waals surface area contributed by atoms with E-state index in [-0.39, 0.29) is 8.68 Å². The number of benzene rings is 1. The van der Waals surface area contributed by atoms with Crippen LogP contribution in [0.2, 0.25) is 4.47 Å². The number of aromatic nitrogens is 1. The van der Waals surface area contributed by atoms with E-state index in [0.717, 1.165) is 14.9 Å². The first kappa shape index (κ1) is 14.0. The Morgan fingerprint density at radius 3 is 2.61 bits per heavy atom. The first-order chi connectivity index (χ1) is 8.40. The Balaban J connectivity index is 2.40. The minimum absolute atomic E-state index is 0.146. The summed E-state index contributed by atoms with van der Waals surface area (Å²) in [5.74, 6) is 0. The van der Waals surface area contributed by atoms with Crippen molar-refractivity contribution in [2.45, 2.75) is 11.1 Å². The van der Waals surface area contributed by atoms with Gasteiger partial charge in [0.1, 0.15) is 0 Å². The maximum Gasteiger partial charge on any atom is 0.273 e. The van der Waals surface area contributed by atoms with Crippen LogP contribution in [0.1, 0.15) is 5.69 Å². The number of nitrogens with zero attached hydrogens (tertiary/aromatic N) is 1. The molecule has 0 saturated carbocycles. The van der Waals surface area contributed by atoms with E-state index in [4.69, 9.17) is 11.6 Å². The third-order valence-corrected chi connectivity index (χ3v) is 6.27. The van der Waals surface area contributed by atoms with Gasteiger partial charge in [0, 0.05) is 3.57 Å². The van der Waals surface area contributed by atoms with Gasteiger partial charge in [-0.25, -0.2) is 13.4 Å². The van der Waals surface area contributed by atoms with Gasteiger partial charge < -0.3 is 0 Å². The number of nitrogens with one attached hydrogen (secondary N) is 1. The van der Waals surface area contributed by atoms with Gasteiger partial charge >= 0.3 is 0 Å². The third-order valence-electron chi connectivity index (χ3n) is 2.09. The van der Waals surface area contributed by atoms with Crippen molar-refractivity contribution in [1.29, 1.82) is 0 Å². The van der Waals surface area contributed by atoms with Crippen molar-refractivity contribution in [1.82, 2.24) is 4.98 Å². The van der Waals surface area contributed by atoms with Crippen molar-refractivity contribution in [2.75, 3.05) is 4.72 Å². The van der Waals surface area contributed by atoms with Gasteiger partial charge in [0.05, 0.1) is 11.4 Å². The van der Waals surface area contributed by atoms with Crippen LogP contribution in [-0.4, -0.2) is 13.4 Å². The zero-order valence-electron chi connectivity index (χ0n) is 9.15. The number of hydrogen-bond acceptors (Lipinski definition) is 4. The molecule has 0 atom stereocenters. The molecular formula is C10H8ClIN2O2S2. The zero-order chi connectivity index (χ0) is 13.3. The first-order valence-corrected chi connectivity index (χ1v) is 8.56. The third kappa shape index (κ3) is 2.95. The van der Waals surface area contributed by atoms with E-state index in [9.17, 15) is 8.42 Å². The molecule has 96 valence electrons. The van der Waals surface area contributed by atoms with E-state index in [1.165, 1.54) is 0 Å². The largest absolute Gasteiger partial charge is 0.278 e. The van der Waals surface area contributed by atoms with Gasteiger partial charge in [0.2, 0.25) is 0 Å². The summed E-state index contributed by atoms with van der Waals surface area (Å²) in [5, 5.41) is 0. The fourth-order valence-corrected chi connectivity index (χ4v) is 4.86. The summed E-state index contributed by atoms with van der Waals surface area (Å²) < 4.78 is 28.1. The molecule has 4 nitrogen and oxygen atoms in total. The average Bonchev–Trinajstić information content (AvgIpc) is 2.62. The molecule has 1 aromatic carbocycles. The summed E-state index contributed by atoms with van der Waals surface area (Å²) in [5.41, 5.74) is 0.950. The zero-order valence-corrected chi connectivity index (χ0v) is 13.7. The molecule has 0 bridgehead atoms. The molecule has 2 aromatic rings. The SMILES string of the molecule is Cc1nc(Cl)sc1S(=O)(=O)Nc1ccccc1I. The predicted molar refractivity (Wildman–Crippen MR) is 81.8 cm³/mol. The number of hydrogen-bond donors (Lipinski definition) is 1. The van der Waals surface area contributed by atoms with E-state index in [1.807, 2.05) is 12.1 Å². The Labute approximate surface area is 128 Å². The predicted octanol–water partition coefficient (Wildman–Crippen LogP) is 3.51. The number of thiazole rings is 1. The lowest BCUT2D eigenvalue weighted by atomic mass is 10.3. The lowest BCUT2D eigenvalue weighted by Crippen LogP contribution is -2.13. The Morgan fingerprint density at radius 2 is 2.06 bits per heavy atom. The molecule has 8 heteroatoms. The summed E-state index contributed by atoms with van der Waals surface area (Å²) in [6.07, 6.45) is 0. The standard InChI is InChI=1S/C10H8ClIN2O2S2/c1-6-9(17-10(11)13-6)18(15,16)14-8-5-3-2-4-7(8)12/h2-5,14H,1H3. The highest BCUT2D eigenvalue weighted by Crippen LogP contribution is 2.29. The molecule has 0 aliphatic rings. The molecule has 1 aromatic heterocycles. The van der Waals surface area contributed by atoms with Crippen molar-refractivity contribution >= 4 is 61.2 Å². The molecule has 0 aliphatic carbocycles. The molecule has 0 fully saturated rings. The normalized spacial score (nSPS) is 11.5. The summed E-state index contributed by atoms with van der Waals surface area (Å²) >= 11 is 8.74. The first-order valence-electron chi connectivity index (χ1n) is 4.80. The molecule has 0 amide bonds. The van der Waals surface area contributed by atoms with Gasteiger partial charge in [0.25, 0.3) is 10.0 Å². The van der Waals surface area contributed by atoms with Gasteiger partial charge in [-0.2, -0.15) is 0 Å². The Kier molecular flexibility index (Phi) is 4.15. The van der Waals surface area contributed by atoms with Gasteiger partial charge in [0.15, 0.2) is 8.68 Å². The van der Waals surface area contributed by atoms with Gasteiger partial charge in [-0.15, -0.1) is 0 Å². The lowest BCUT2D eigenvalue weighted by molar-refractivity contribution is 0.602. The van der Waals surface area contributed by atoms with E-state index in [1.54, 1.807) is 19.1 Å². The lowest BCUT2D eigenvalue weighted by Gasteiger charge is -2.08. The van der Waals surface area contributed by atoms with Gasteiger partial charge in [-0.05, 0) is 41.6 Å². The molecule has 2 rings (SSSR count). The topological polar surface area (TPSA) is 59.1 Å². The number of anilines is 1. The number of rotatable bonds is 3. The molecule has 0 unspecified atom stereocenters. The maximum atomic E-state index is 12.2. The summed E-state index contributed by atoms with van der Waals surface area (Å²) in [6.45, 7) is 1.62. The van der Waals surface area contributed by atoms with Gasteiger partial charge in [-0.1, -0.05) is 35.1 Å². The highest BCUT2D eigenvalue weighted by molar-refractivity contribution is 14.1. The second-order valence-electron chi connectivity index (χ2n) is 3.43. The highest BCUT2D eigenvalue weighted by Gasteiger charge is 2.22. The van der Waals surface area contributed by atoms with Crippen LogP contribution in [0.25, 0.3) is 0 Å². The van der Waals surface area contributed by atoms with Gasteiger partial charge in [-0.3, -0.25) is 4.72 Å². The molecule has 1 heterocycles. The fraction of sp³-hybridized carbons (Fsp3) is 0.100. The van der Waals surface area contributed by atoms with Crippen molar-refractivity contribution in [3.05, 3.63) is 38.0 Å². The van der Waals surface area contributed by atoms with Crippen LogP contribution in [0.15, 0.2) is 28.5 Å². The molecular weight excluding hydrogens is 407 g/mol. The fourth-order valence-electron chi connectivity index (χ4n) is 1.34. The van der Waals surface area contributed by atoms with Crippen LogP contribution in [0, 0.1) is 10.5 Å². The quantitative estimate of drug-likeness (QED) is 0.782. The highest BCUT2D eigenvalue weighted by atomic mass is 127. The molecule has 0 saturated heterocycles. The summed E-state index contributed by atoms with van der Waals surface area (Å²) in [4.78, 5) is 3.90. The molecule has 0 aliphatic heterocycles. The number of halogens is 2. The van der Waals surface area contributed by atoms with E-state index in [0.29, 0.717) is 11.4 Å².